The minimum atomic E-state index is -0.147. The first-order chi connectivity index (χ1) is 17.7. The number of amides is 1. The molecule has 198 valence electrons. The summed E-state index contributed by atoms with van der Waals surface area (Å²) in [7, 11) is 3.80. The molecule has 3 aromatic heterocycles. The van der Waals surface area contributed by atoms with Crippen LogP contribution in [0, 0.1) is 19.3 Å². The van der Waals surface area contributed by atoms with Crippen LogP contribution in [0.2, 0.25) is 0 Å². The van der Waals surface area contributed by atoms with Crippen LogP contribution in [0.1, 0.15) is 68.1 Å². The molecule has 1 aliphatic heterocycles. The predicted molar refractivity (Wildman–Crippen MR) is 144 cm³/mol. The standard InChI is InChI=1S/C28H40N8O/c1-18-14-24(21-15-30-34(5)25(21)31-18)35-13-6-23-22(16-35)19(2)33-36(23)17-27-7-10-28(11-8-27,12-9-27)32-26(37)20(3)29-4/h14-15,20,29H,6-13,16-17H2,1-5H3,(H,32,37). The molecule has 2 bridgehead atoms. The number of nitrogens with zero attached hydrogens (tertiary/aromatic N) is 6. The number of fused-ring (bicyclic) bond motifs is 5. The Balaban J connectivity index is 1.19. The summed E-state index contributed by atoms with van der Waals surface area (Å²) in [6, 6.07) is 2.05. The summed E-state index contributed by atoms with van der Waals surface area (Å²) in [5.41, 5.74) is 7.41. The number of nitrogens with one attached hydrogen (secondary N) is 2. The molecule has 0 saturated heterocycles. The number of anilines is 1. The molecule has 7 rings (SSSR count). The van der Waals surface area contributed by atoms with Crippen molar-refractivity contribution < 1.29 is 4.79 Å². The van der Waals surface area contributed by atoms with Crippen molar-refractivity contribution in [3.05, 3.63) is 34.9 Å². The number of aromatic nitrogens is 5. The van der Waals surface area contributed by atoms with Crippen LogP contribution < -0.4 is 15.5 Å². The highest BCUT2D eigenvalue weighted by Crippen LogP contribution is 2.53. The van der Waals surface area contributed by atoms with E-state index in [0.29, 0.717) is 5.41 Å². The van der Waals surface area contributed by atoms with Crippen molar-refractivity contribution in [2.45, 2.75) is 90.4 Å². The first kappa shape index (κ1) is 24.4. The van der Waals surface area contributed by atoms with Crippen molar-refractivity contribution in [3.8, 4) is 0 Å². The summed E-state index contributed by atoms with van der Waals surface area (Å²) in [4.78, 5) is 19.8. The Morgan fingerprint density at radius 1 is 1.16 bits per heavy atom. The molecule has 1 atom stereocenters. The summed E-state index contributed by atoms with van der Waals surface area (Å²) in [5.74, 6) is 0.131. The highest BCUT2D eigenvalue weighted by atomic mass is 16.2. The molecule has 4 aliphatic rings. The van der Waals surface area contributed by atoms with E-state index in [1.54, 1.807) is 0 Å². The van der Waals surface area contributed by atoms with Crippen LogP contribution in [0.5, 0.6) is 0 Å². The number of hydrogen-bond donors (Lipinski definition) is 2. The second-order valence-electron chi connectivity index (χ2n) is 11.9. The van der Waals surface area contributed by atoms with Gasteiger partial charge in [-0.1, -0.05) is 0 Å². The van der Waals surface area contributed by atoms with E-state index in [1.165, 1.54) is 16.9 Å². The van der Waals surface area contributed by atoms with Gasteiger partial charge in [0.05, 0.1) is 29.0 Å². The van der Waals surface area contributed by atoms with Crippen molar-refractivity contribution >= 4 is 22.6 Å². The third-order valence-corrected chi connectivity index (χ3v) is 9.59. The Hall–Kier alpha value is -2.94. The molecule has 3 fully saturated rings. The lowest BCUT2D eigenvalue weighted by Crippen LogP contribution is -2.59. The van der Waals surface area contributed by atoms with E-state index in [-0.39, 0.29) is 17.5 Å². The molecule has 9 heteroatoms. The van der Waals surface area contributed by atoms with Crippen LogP contribution in [-0.2, 0) is 31.4 Å². The summed E-state index contributed by atoms with van der Waals surface area (Å²) in [6.07, 6.45) is 9.66. The molecule has 0 spiro atoms. The lowest BCUT2D eigenvalue weighted by molar-refractivity contribution is -0.127. The van der Waals surface area contributed by atoms with Gasteiger partial charge in [0.2, 0.25) is 5.91 Å². The van der Waals surface area contributed by atoms with Gasteiger partial charge in [-0.05, 0) is 77.8 Å². The fraction of sp³-hybridized carbons (Fsp3) is 0.643. The maximum atomic E-state index is 12.6. The third kappa shape index (κ3) is 4.11. The van der Waals surface area contributed by atoms with Crippen LogP contribution in [0.15, 0.2) is 12.3 Å². The smallest absolute Gasteiger partial charge is 0.237 e. The molecule has 0 aromatic carbocycles. The minimum absolute atomic E-state index is 0.00971. The fourth-order valence-corrected chi connectivity index (χ4v) is 6.99. The van der Waals surface area contributed by atoms with Gasteiger partial charge in [0, 0.05) is 55.6 Å². The van der Waals surface area contributed by atoms with E-state index in [0.717, 1.165) is 87.0 Å². The van der Waals surface area contributed by atoms with Crippen LogP contribution in [0.4, 0.5) is 5.69 Å². The molecule has 2 N–H and O–H groups in total. The molecule has 3 saturated carbocycles. The number of carbonyl (C=O) groups excluding carboxylic acids is 1. The zero-order valence-electron chi connectivity index (χ0n) is 22.9. The Kier molecular flexibility index (Phi) is 5.82. The van der Waals surface area contributed by atoms with Crippen molar-refractivity contribution in [1.29, 1.82) is 0 Å². The lowest BCUT2D eigenvalue weighted by atomic mass is 9.57. The fourth-order valence-electron chi connectivity index (χ4n) is 6.99. The van der Waals surface area contributed by atoms with Gasteiger partial charge in [-0.25, -0.2) is 4.98 Å². The van der Waals surface area contributed by atoms with Crippen molar-refractivity contribution in [3.63, 3.8) is 0 Å². The summed E-state index contributed by atoms with van der Waals surface area (Å²) in [6.45, 7) is 9.00. The molecule has 0 radical (unpaired) electrons. The maximum Gasteiger partial charge on any atom is 0.237 e. The van der Waals surface area contributed by atoms with E-state index >= 15 is 0 Å². The minimum Gasteiger partial charge on any atom is -0.366 e. The van der Waals surface area contributed by atoms with Gasteiger partial charge >= 0.3 is 0 Å². The van der Waals surface area contributed by atoms with Crippen molar-refractivity contribution in [2.75, 3.05) is 18.5 Å². The topological polar surface area (TPSA) is 92.9 Å². The predicted octanol–water partition coefficient (Wildman–Crippen LogP) is 3.16. The second-order valence-corrected chi connectivity index (χ2v) is 11.9. The molecule has 9 nitrogen and oxygen atoms in total. The Morgan fingerprint density at radius 3 is 2.59 bits per heavy atom. The maximum absolute atomic E-state index is 12.6. The number of aryl methyl sites for hydroxylation is 3. The highest BCUT2D eigenvalue weighted by Gasteiger charge is 2.50. The molecule has 4 heterocycles. The van der Waals surface area contributed by atoms with Gasteiger partial charge in [0.1, 0.15) is 0 Å². The Labute approximate surface area is 219 Å². The number of carbonyl (C=O) groups is 1. The zero-order chi connectivity index (χ0) is 25.9. The van der Waals surface area contributed by atoms with E-state index in [1.807, 2.05) is 31.9 Å². The first-order valence-electron chi connectivity index (χ1n) is 13.8. The zero-order valence-corrected chi connectivity index (χ0v) is 22.9. The van der Waals surface area contributed by atoms with Crippen LogP contribution >= 0.6 is 0 Å². The monoisotopic (exact) mass is 504 g/mol. The van der Waals surface area contributed by atoms with Gasteiger partial charge in [-0.2, -0.15) is 10.2 Å². The first-order valence-corrected chi connectivity index (χ1v) is 13.8. The molecule has 3 aliphatic carbocycles. The van der Waals surface area contributed by atoms with Crippen LogP contribution in [-0.4, -0.2) is 55.6 Å². The van der Waals surface area contributed by atoms with Gasteiger partial charge in [0.15, 0.2) is 5.65 Å². The SMILES string of the molecule is CNC(C)C(=O)NC12CCC(Cn3nc(C)c4c3CCN(c3cc(C)nc5c3cnn5C)C4)(CC1)CC2. The summed E-state index contributed by atoms with van der Waals surface area (Å²) >= 11 is 0. The molecule has 3 aromatic rings. The van der Waals surface area contributed by atoms with E-state index in [4.69, 9.17) is 10.1 Å². The van der Waals surface area contributed by atoms with Crippen molar-refractivity contribution in [1.82, 2.24) is 35.2 Å². The highest BCUT2D eigenvalue weighted by molar-refractivity contribution is 5.89. The number of likely N-dealkylation sites (N-methyl/N-ethyl adjacent to an activating group) is 1. The lowest BCUT2D eigenvalue weighted by Gasteiger charge is -2.54. The van der Waals surface area contributed by atoms with Crippen LogP contribution in [0.3, 0.4) is 0 Å². The molecule has 1 unspecified atom stereocenters. The van der Waals surface area contributed by atoms with Gasteiger partial charge < -0.3 is 15.5 Å². The largest absolute Gasteiger partial charge is 0.366 e. The molecular weight excluding hydrogens is 464 g/mol. The van der Waals surface area contributed by atoms with E-state index in [2.05, 4.69) is 45.2 Å². The van der Waals surface area contributed by atoms with E-state index < -0.39 is 0 Å². The Bertz CT molecular complexity index is 1330. The van der Waals surface area contributed by atoms with Gasteiger partial charge in [-0.15, -0.1) is 0 Å². The normalized spacial score (nSPS) is 25.9. The summed E-state index contributed by atoms with van der Waals surface area (Å²) < 4.78 is 4.21. The molecule has 37 heavy (non-hydrogen) atoms. The van der Waals surface area contributed by atoms with E-state index in [9.17, 15) is 4.79 Å². The van der Waals surface area contributed by atoms with Gasteiger partial charge in [-0.3, -0.25) is 14.2 Å². The Morgan fingerprint density at radius 2 is 1.89 bits per heavy atom. The summed E-state index contributed by atoms with van der Waals surface area (Å²) in [5, 5.41) is 17.1. The van der Waals surface area contributed by atoms with Gasteiger partial charge in [0.25, 0.3) is 0 Å². The number of pyridine rings is 1. The second kappa shape index (κ2) is 8.82. The van der Waals surface area contributed by atoms with Crippen LogP contribution in [0.25, 0.3) is 11.0 Å². The quantitative estimate of drug-likeness (QED) is 0.536. The van der Waals surface area contributed by atoms with Crippen molar-refractivity contribution in [2.24, 2.45) is 12.5 Å². The third-order valence-electron chi connectivity index (χ3n) is 9.59. The molecule has 1 amide bonds. The average molecular weight is 505 g/mol. The average Bonchev–Trinajstić information content (AvgIpc) is 3.42. The number of rotatable bonds is 6. The number of hydrogen-bond acceptors (Lipinski definition) is 6. The molecular formula is C28H40N8O.